The summed E-state index contributed by atoms with van der Waals surface area (Å²) in [6, 6.07) is 0. The number of rotatable bonds is 3. The molecule has 1 fully saturated rings. The van der Waals surface area contributed by atoms with E-state index in [-0.39, 0.29) is 13.0 Å². The molecular formula is C10H16F3N3O2. The molecule has 0 bridgehead atoms. The predicted octanol–water partition coefficient (Wildman–Crippen LogP) is -0.123. The van der Waals surface area contributed by atoms with Crippen LogP contribution in [0.5, 0.6) is 0 Å². The van der Waals surface area contributed by atoms with Crippen molar-refractivity contribution in [3.63, 3.8) is 0 Å². The molecule has 0 radical (unpaired) electrons. The SMILES string of the molecule is O=C(NCCCC(F)(F)F)C(=O)N1CCNCC1. The first-order chi connectivity index (χ1) is 8.40. The summed E-state index contributed by atoms with van der Waals surface area (Å²) in [5.74, 6) is -1.51. The van der Waals surface area contributed by atoms with Gasteiger partial charge in [-0.05, 0) is 6.42 Å². The molecule has 1 aliphatic rings. The van der Waals surface area contributed by atoms with Crippen molar-refractivity contribution >= 4 is 11.8 Å². The van der Waals surface area contributed by atoms with E-state index in [1.165, 1.54) is 4.90 Å². The third-order valence-electron chi connectivity index (χ3n) is 2.52. The maximum atomic E-state index is 11.8. The molecule has 1 saturated heterocycles. The topological polar surface area (TPSA) is 61.4 Å². The van der Waals surface area contributed by atoms with Crippen LogP contribution in [0, 0.1) is 0 Å². The molecule has 2 N–H and O–H groups in total. The summed E-state index contributed by atoms with van der Waals surface area (Å²) < 4.78 is 35.5. The lowest BCUT2D eigenvalue weighted by Crippen LogP contribution is -2.51. The van der Waals surface area contributed by atoms with Crippen LogP contribution in [-0.4, -0.2) is 55.6 Å². The van der Waals surface area contributed by atoms with Gasteiger partial charge in [0, 0.05) is 39.1 Å². The highest BCUT2D eigenvalue weighted by molar-refractivity contribution is 6.35. The fraction of sp³-hybridized carbons (Fsp3) is 0.800. The van der Waals surface area contributed by atoms with Gasteiger partial charge in [0.25, 0.3) is 0 Å². The average Bonchev–Trinajstić information content (AvgIpc) is 2.33. The number of nitrogens with zero attached hydrogens (tertiary/aromatic N) is 1. The number of halogens is 3. The second kappa shape index (κ2) is 6.58. The molecule has 0 spiro atoms. The van der Waals surface area contributed by atoms with Gasteiger partial charge in [0.1, 0.15) is 0 Å². The maximum Gasteiger partial charge on any atom is 0.389 e. The molecule has 5 nitrogen and oxygen atoms in total. The zero-order valence-corrected chi connectivity index (χ0v) is 9.85. The van der Waals surface area contributed by atoms with Crippen LogP contribution in [-0.2, 0) is 9.59 Å². The van der Waals surface area contributed by atoms with Gasteiger partial charge in [-0.3, -0.25) is 9.59 Å². The van der Waals surface area contributed by atoms with Gasteiger partial charge in [0.2, 0.25) is 0 Å². The molecule has 0 aliphatic carbocycles. The van der Waals surface area contributed by atoms with E-state index in [4.69, 9.17) is 0 Å². The molecule has 0 unspecified atom stereocenters. The van der Waals surface area contributed by atoms with Gasteiger partial charge in [-0.2, -0.15) is 13.2 Å². The van der Waals surface area contributed by atoms with E-state index in [1.807, 2.05) is 0 Å². The van der Waals surface area contributed by atoms with Crippen LogP contribution in [0.4, 0.5) is 13.2 Å². The van der Waals surface area contributed by atoms with Crippen molar-refractivity contribution in [2.24, 2.45) is 0 Å². The Bertz CT molecular complexity index is 301. The van der Waals surface area contributed by atoms with Crippen molar-refractivity contribution in [2.45, 2.75) is 19.0 Å². The minimum absolute atomic E-state index is 0.143. The Labute approximate surface area is 103 Å². The number of nitrogens with one attached hydrogen (secondary N) is 2. The summed E-state index contributed by atoms with van der Waals surface area (Å²) in [5.41, 5.74) is 0. The highest BCUT2D eigenvalue weighted by atomic mass is 19.4. The van der Waals surface area contributed by atoms with E-state index < -0.39 is 24.4 Å². The van der Waals surface area contributed by atoms with Crippen LogP contribution in [0.25, 0.3) is 0 Å². The maximum absolute atomic E-state index is 11.8. The summed E-state index contributed by atoms with van der Waals surface area (Å²) in [6.07, 6.45) is -5.41. The number of amides is 2. The lowest BCUT2D eigenvalue weighted by Gasteiger charge is -2.26. The summed E-state index contributed by atoms with van der Waals surface area (Å²) in [4.78, 5) is 24.3. The van der Waals surface area contributed by atoms with Crippen molar-refractivity contribution in [2.75, 3.05) is 32.7 Å². The lowest BCUT2D eigenvalue weighted by molar-refractivity contribution is -0.146. The molecule has 0 aromatic rings. The van der Waals surface area contributed by atoms with Gasteiger partial charge in [-0.25, -0.2) is 0 Å². The third kappa shape index (κ3) is 5.35. The van der Waals surface area contributed by atoms with E-state index >= 15 is 0 Å². The molecule has 104 valence electrons. The van der Waals surface area contributed by atoms with Crippen molar-refractivity contribution in [1.82, 2.24) is 15.5 Å². The van der Waals surface area contributed by atoms with Gasteiger partial charge in [-0.15, -0.1) is 0 Å². The van der Waals surface area contributed by atoms with E-state index in [9.17, 15) is 22.8 Å². The molecule has 0 saturated carbocycles. The van der Waals surface area contributed by atoms with Crippen molar-refractivity contribution in [3.05, 3.63) is 0 Å². The lowest BCUT2D eigenvalue weighted by atomic mass is 10.3. The fourth-order valence-electron chi connectivity index (χ4n) is 1.58. The van der Waals surface area contributed by atoms with Crippen molar-refractivity contribution < 1.29 is 22.8 Å². The molecule has 1 rings (SSSR count). The summed E-state index contributed by atoms with van der Waals surface area (Å²) in [6.45, 7) is 1.97. The summed E-state index contributed by atoms with van der Waals surface area (Å²) in [5, 5.41) is 5.23. The molecule has 1 aliphatic heterocycles. The van der Waals surface area contributed by atoms with Gasteiger partial charge in [0.15, 0.2) is 0 Å². The highest BCUT2D eigenvalue weighted by Gasteiger charge is 2.27. The number of hydrogen-bond donors (Lipinski definition) is 2. The van der Waals surface area contributed by atoms with Crippen LogP contribution < -0.4 is 10.6 Å². The van der Waals surface area contributed by atoms with Crippen LogP contribution in [0.15, 0.2) is 0 Å². The average molecular weight is 267 g/mol. The minimum atomic E-state index is -4.23. The van der Waals surface area contributed by atoms with Gasteiger partial charge >= 0.3 is 18.0 Å². The van der Waals surface area contributed by atoms with Gasteiger partial charge in [-0.1, -0.05) is 0 Å². The zero-order valence-electron chi connectivity index (χ0n) is 9.85. The fourth-order valence-corrected chi connectivity index (χ4v) is 1.58. The number of hydrogen-bond acceptors (Lipinski definition) is 3. The standard InChI is InChI=1S/C10H16F3N3O2/c11-10(12,13)2-1-3-15-8(17)9(18)16-6-4-14-5-7-16/h14H,1-7H2,(H,15,17). The second-order valence-electron chi connectivity index (χ2n) is 4.02. The number of piperazine rings is 1. The molecule has 18 heavy (non-hydrogen) atoms. The van der Waals surface area contributed by atoms with E-state index in [2.05, 4.69) is 10.6 Å². The molecule has 0 aromatic carbocycles. The van der Waals surface area contributed by atoms with E-state index in [1.54, 1.807) is 0 Å². The molecule has 0 aromatic heterocycles. The Balaban J connectivity index is 2.21. The quantitative estimate of drug-likeness (QED) is 0.553. The van der Waals surface area contributed by atoms with Crippen LogP contribution in [0.2, 0.25) is 0 Å². The first-order valence-electron chi connectivity index (χ1n) is 5.75. The smallest absolute Gasteiger partial charge is 0.348 e. The Morgan fingerprint density at radius 2 is 1.83 bits per heavy atom. The second-order valence-corrected chi connectivity index (χ2v) is 4.02. The van der Waals surface area contributed by atoms with Gasteiger partial charge in [0.05, 0.1) is 0 Å². The number of alkyl halides is 3. The third-order valence-corrected chi connectivity index (χ3v) is 2.52. The monoisotopic (exact) mass is 267 g/mol. The van der Waals surface area contributed by atoms with Gasteiger partial charge < -0.3 is 15.5 Å². The molecular weight excluding hydrogens is 251 g/mol. The largest absolute Gasteiger partial charge is 0.389 e. The first kappa shape index (κ1) is 14.7. The minimum Gasteiger partial charge on any atom is -0.348 e. The summed E-state index contributed by atoms with van der Waals surface area (Å²) in [7, 11) is 0. The van der Waals surface area contributed by atoms with E-state index in [0.717, 1.165) is 0 Å². The number of carbonyl (C=O) groups excluding carboxylic acids is 2. The molecule has 0 atom stereocenters. The molecule has 2 amide bonds. The van der Waals surface area contributed by atoms with Crippen molar-refractivity contribution in [1.29, 1.82) is 0 Å². The predicted molar refractivity (Wildman–Crippen MR) is 57.7 cm³/mol. The Hall–Kier alpha value is -1.31. The zero-order chi connectivity index (χ0) is 13.6. The van der Waals surface area contributed by atoms with Crippen molar-refractivity contribution in [3.8, 4) is 0 Å². The Morgan fingerprint density at radius 3 is 2.39 bits per heavy atom. The Morgan fingerprint density at radius 1 is 1.22 bits per heavy atom. The van der Waals surface area contributed by atoms with Crippen LogP contribution >= 0.6 is 0 Å². The Kier molecular flexibility index (Phi) is 5.39. The first-order valence-corrected chi connectivity index (χ1v) is 5.75. The molecule has 8 heteroatoms. The van der Waals surface area contributed by atoms with E-state index in [0.29, 0.717) is 26.2 Å². The normalized spacial score (nSPS) is 16.5. The number of carbonyl (C=O) groups is 2. The van der Waals surface area contributed by atoms with Crippen LogP contribution in [0.1, 0.15) is 12.8 Å². The summed E-state index contributed by atoms with van der Waals surface area (Å²) >= 11 is 0. The van der Waals surface area contributed by atoms with Crippen LogP contribution in [0.3, 0.4) is 0 Å². The molecule has 1 heterocycles. The highest BCUT2D eigenvalue weighted by Crippen LogP contribution is 2.20.